The summed E-state index contributed by atoms with van der Waals surface area (Å²) in [5.41, 5.74) is 5.67. The Morgan fingerprint density at radius 3 is 2.38 bits per heavy atom. The quantitative estimate of drug-likeness (QED) is 0.215. The topological polar surface area (TPSA) is 87.0 Å². The molecule has 0 saturated heterocycles. The molecule has 0 spiro atoms. The van der Waals surface area contributed by atoms with Crippen LogP contribution in [0.25, 0.3) is 27.7 Å². The standard InChI is InChI=1S/C30H29NO6/c1-17(12-28(33)31-21-9-7-8-20(13-21)19(3)32)23-15-25-26(16-37-30(25)18(2)29(23)36-6)24-14-22(34-4)10-11-27(24)35-5/h7-16H,1-6H3,(H,31,33)/b17-12+. The number of allylic oxidation sites excluding steroid dienone is 1. The monoisotopic (exact) mass is 499 g/mol. The number of furan rings is 1. The number of rotatable bonds is 8. The van der Waals surface area contributed by atoms with Crippen LogP contribution in [0, 0.1) is 6.92 Å². The van der Waals surface area contributed by atoms with Gasteiger partial charge >= 0.3 is 0 Å². The van der Waals surface area contributed by atoms with Crippen LogP contribution in [0.1, 0.15) is 35.3 Å². The van der Waals surface area contributed by atoms with Crippen LogP contribution in [0.5, 0.6) is 17.2 Å². The number of aryl methyl sites for hydroxylation is 1. The fourth-order valence-electron chi connectivity index (χ4n) is 4.37. The lowest BCUT2D eigenvalue weighted by molar-refractivity contribution is -0.111. The number of hydrogen-bond acceptors (Lipinski definition) is 6. The van der Waals surface area contributed by atoms with Crippen LogP contribution >= 0.6 is 0 Å². The van der Waals surface area contributed by atoms with Crippen molar-refractivity contribution in [2.24, 2.45) is 0 Å². The highest BCUT2D eigenvalue weighted by Gasteiger charge is 2.21. The van der Waals surface area contributed by atoms with E-state index < -0.39 is 0 Å². The predicted octanol–water partition coefficient (Wildman–Crippen LogP) is 6.68. The lowest BCUT2D eigenvalue weighted by Gasteiger charge is -2.14. The normalized spacial score (nSPS) is 11.4. The molecular formula is C30H29NO6. The maximum absolute atomic E-state index is 12.9. The molecule has 1 amide bonds. The van der Waals surface area contributed by atoms with E-state index in [0.29, 0.717) is 39.7 Å². The summed E-state index contributed by atoms with van der Waals surface area (Å²) in [4.78, 5) is 24.5. The summed E-state index contributed by atoms with van der Waals surface area (Å²) in [5, 5.41) is 3.68. The molecule has 4 rings (SSSR count). The summed E-state index contributed by atoms with van der Waals surface area (Å²) >= 11 is 0. The molecule has 37 heavy (non-hydrogen) atoms. The van der Waals surface area contributed by atoms with Gasteiger partial charge in [0.05, 0.1) is 27.6 Å². The van der Waals surface area contributed by atoms with Gasteiger partial charge in [0, 0.05) is 45.0 Å². The number of ether oxygens (including phenoxy) is 3. The Morgan fingerprint density at radius 2 is 1.70 bits per heavy atom. The van der Waals surface area contributed by atoms with E-state index in [4.69, 9.17) is 18.6 Å². The van der Waals surface area contributed by atoms with Gasteiger partial charge in [0.1, 0.15) is 22.8 Å². The maximum Gasteiger partial charge on any atom is 0.248 e. The molecule has 7 nitrogen and oxygen atoms in total. The van der Waals surface area contributed by atoms with Gasteiger partial charge in [0.15, 0.2) is 5.78 Å². The Hall–Kier alpha value is -4.52. The Kier molecular flexibility index (Phi) is 7.34. The van der Waals surface area contributed by atoms with Crippen LogP contribution in [0.15, 0.2) is 65.3 Å². The van der Waals surface area contributed by atoms with E-state index in [2.05, 4.69) is 5.32 Å². The van der Waals surface area contributed by atoms with E-state index in [1.807, 2.05) is 38.1 Å². The molecule has 0 fully saturated rings. The number of amides is 1. The first-order chi connectivity index (χ1) is 17.8. The third-order valence-electron chi connectivity index (χ3n) is 6.25. The summed E-state index contributed by atoms with van der Waals surface area (Å²) in [5.74, 6) is 1.60. The van der Waals surface area contributed by atoms with Crippen molar-refractivity contribution in [2.75, 3.05) is 26.6 Å². The third-order valence-corrected chi connectivity index (χ3v) is 6.25. The second-order valence-electron chi connectivity index (χ2n) is 8.63. The molecule has 190 valence electrons. The molecule has 1 N–H and O–H groups in total. The number of fused-ring (bicyclic) bond motifs is 1. The van der Waals surface area contributed by atoms with Gasteiger partial charge in [-0.05, 0) is 62.7 Å². The SMILES string of the molecule is COc1ccc(OC)c(-c2coc3c(C)c(OC)c(/C(C)=C/C(=O)Nc4cccc(C(C)=O)c4)cc23)c1. The Balaban J connectivity index is 1.78. The lowest BCUT2D eigenvalue weighted by Crippen LogP contribution is -2.09. The fraction of sp³-hybridized carbons (Fsp3) is 0.200. The molecule has 1 heterocycles. The minimum absolute atomic E-state index is 0.0695. The first-order valence-corrected chi connectivity index (χ1v) is 11.7. The number of Topliss-reactive ketones (excluding diaryl/α,β-unsaturated/α-hetero) is 1. The Labute approximate surface area is 215 Å². The fourth-order valence-corrected chi connectivity index (χ4v) is 4.37. The van der Waals surface area contributed by atoms with Crippen LogP contribution in [0.2, 0.25) is 0 Å². The van der Waals surface area contributed by atoms with Gasteiger partial charge in [-0.15, -0.1) is 0 Å². The molecule has 0 aliphatic rings. The van der Waals surface area contributed by atoms with Crippen molar-refractivity contribution >= 4 is 33.9 Å². The molecular weight excluding hydrogens is 470 g/mol. The molecule has 7 heteroatoms. The Morgan fingerprint density at radius 1 is 0.919 bits per heavy atom. The minimum Gasteiger partial charge on any atom is -0.497 e. The number of anilines is 1. The maximum atomic E-state index is 12.9. The van der Waals surface area contributed by atoms with Gasteiger partial charge in [0.2, 0.25) is 5.91 Å². The molecule has 0 atom stereocenters. The minimum atomic E-state index is -0.320. The second-order valence-corrected chi connectivity index (χ2v) is 8.63. The molecule has 4 aromatic rings. The average Bonchev–Trinajstić information content (AvgIpc) is 3.32. The van der Waals surface area contributed by atoms with E-state index >= 15 is 0 Å². The van der Waals surface area contributed by atoms with Crippen molar-refractivity contribution in [3.05, 3.63) is 77.6 Å². The summed E-state index contributed by atoms with van der Waals surface area (Å²) in [6.07, 6.45) is 3.20. The number of nitrogens with one attached hydrogen (secondary N) is 1. The lowest BCUT2D eigenvalue weighted by atomic mass is 9.96. The van der Waals surface area contributed by atoms with Gasteiger partial charge < -0.3 is 23.9 Å². The highest BCUT2D eigenvalue weighted by atomic mass is 16.5. The first-order valence-electron chi connectivity index (χ1n) is 11.7. The van der Waals surface area contributed by atoms with E-state index in [-0.39, 0.29) is 11.7 Å². The van der Waals surface area contributed by atoms with E-state index in [0.717, 1.165) is 27.6 Å². The molecule has 0 unspecified atom stereocenters. The second kappa shape index (κ2) is 10.6. The smallest absolute Gasteiger partial charge is 0.248 e. The zero-order valence-electron chi connectivity index (χ0n) is 21.7. The zero-order chi connectivity index (χ0) is 26.7. The number of ketones is 1. The molecule has 0 bridgehead atoms. The van der Waals surface area contributed by atoms with Crippen LogP contribution in [0.3, 0.4) is 0 Å². The third kappa shape index (κ3) is 5.07. The molecule has 1 aromatic heterocycles. The van der Waals surface area contributed by atoms with Crippen molar-refractivity contribution in [3.63, 3.8) is 0 Å². The first kappa shape index (κ1) is 25.6. The number of benzene rings is 3. The van der Waals surface area contributed by atoms with Gasteiger partial charge in [-0.2, -0.15) is 0 Å². The van der Waals surface area contributed by atoms with E-state index in [1.165, 1.54) is 13.0 Å². The van der Waals surface area contributed by atoms with Gasteiger partial charge in [-0.1, -0.05) is 12.1 Å². The summed E-state index contributed by atoms with van der Waals surface area (Å²) in [6.45, 7) is 5.25. The van der Waals surface area contributed by atoms with Crippen LogP contribution < -0.4 is 19.5 Å². The van der Waals surface area contributed by atoms with Crippen molar-refractivity contribution in [3.8, 4) is 28.4 Å². The van der Waals surface area contributed by atoms with Crippen molar-refractivity contribution in [2.45, 2.75) is 20.8 Å². The van der Waals surface area contributed by atoms with Crippen LogP contribution in [0.4, 0.5) is 5.69 Å². The average molecular weight is 500 g/mol. The number of methoxy groups -OCH3 is 3. The molecule has 0 aliphatic heterocycles. The van der Waals surface area contributed by atoms with Crippen LogP contribution in [-0.2, 0) is 4.79 Å². The summed E-state index contributed by atoms with van der Waals surface area (Å²) in [7, 11) is 4.82. The number of hydrogen-bond donors (Lipinski definition) is 1. The summed E-state index contributed by atoms with van der Waals surface area (Å²) < 4.78 is 22.7. The van der Waals surface area contributed by atoms with Crippen LogP contribution in [-0.4, -0.2) is 33.0 Å². The number of carbonyl (C=O) groups excluding carboxylic acids is 2. The number of carbonyl (C=O) groups is 2. The summed E-state index contributed by atoms with van der Waals surface area (Å²) in [6, 6.07) is 14.4. The van der Waals surface area contributed by atoms with E-state index in [1.54, 1.807) is 51.9 Å². The van der Waals surface area contributed by atoms with E-state index in [9.17, 15) is 9.59 Å². The molecule has 3 aromatic carbocycles. The largest absolute Gasteiger partial charge is 0.497 e. The Bertz CT molecular complexity index is 1530. The highest BCUT2D eigenvalue weighted by molar-refractivity contribution is 6.06. The predicted molar refractivity (Wildman–Crippen MR) is 145 cm³/mol. The van der Waals surface area contributed by atoms with Gasteiger partial charge in [0.25, 0.3) is 0 Å². The highest BCUT2D eigenvalue weighted by Crippen LogP contribution is 2.43. The zero-order valence-corrected chi connectivity index (χ0v) is 21.7. The molecule has 0 aliphatic carbocycles. The van der Waals surface area contributed by atoms with Crippen molar-refractivity contribution in [1.82, 2.24) is 0 Å². The molecule has 0 radical (unpaired) electrons. The van der Waals surface area contributed by atoms with Gasteiger partial charge in [-0.3, -0.25) is 9.59 Å². The molecule has 0 saturated carbocycles. The van der Waals surface area contributed by atoms with Gasteiger partial charge in [-0.25, -0.2) is 0 Å². The van der Waals surface area contributed by atoms with Crippen molar-refractivity contribution < 1.29 is 28.2 Å². The van der Waals surface area contributed by atoms with Crippen molar-refractivity contribution in [1.29, 1.82) is 0 Å².